The zero-order chi connectivity index (χ0) is 14.1. The minimum atomic E-state index is -0.278. The molecule has 0 aromatic heterocycles. The van der Waals surface area contributed by atoms with Crippen LogP contribution in [0.25, 0.3) is 10.8 Å². The quantitative estimate of drug-likeness (QED) is 0.849. The first-order valence-corrected chi connectivity index (χ1v) is 7.23. The zero-order valence-corrected chi connectivity index (χ0v) is 11.7. The van der Waals surface area contributed by atoms with Crippen LogP contribution in [0.15, 0.2) is 36.4 Å². The maximum absolute atomic E-state index is 12.1. The molecule has 2 aromatic rings. The minimum Gasteiger partial charge on any atom is -0.506 e. The van der Waals surface area contributed by atoms with Crippen LogP contribution < -0.4 is 5.32 Å². The van der Waals surface area contributed by atoms with Crippen LogP contribution in [0.2, 0.25) is 0 Å². The number of carbonyl (C=O) groups is 1. The van der Waals surface area contributed by atoms with Crippen LogP contribution in [0.1, 0.15) is 23.2 Å². The number of benzene rings is 2. The van der Waals surface area contributed by atoms with Crippen molar-refractivity contribution in [1.29, 1.82) is 0 Å². The van der Waals surface area contributed by atoms with Crippen molar-refractivity contribution in [2.75, 3.05) is 6.54 Å². The van der Waals surface area contributed by atoms with E-state index in [2.05, 4.69) is 5.32 Å². The van der Waals surface area contributed by atoms with E-state index in [0.717, 1.165) is 18.2 Å². The fourth-order valence-electron chi connectivity index (χ4n) is 2.35. The molecule has 3 nitrogen and oxygen atoms in total. The third-order valence-corrected chi connectivity index (χ3v) is 4.25. The average molecular weight is 290 g/mol. The summed E-state index contributed by atoms with van der Waals surface area (Å²) in [5.41, 5.74) is 0.295. The Morgan fingerprint density at radius 3 is 2.80 bits per heavy atom. The Bertz CT molecular complexity index is 652. The number of fused-ring (bicyclic) bond motifs is 1. The molecule has 104 valence electrons. The highest BCUT2D eigenvalue weighted by molar-refractivity contribution is 6.21. The first-order valence-electron chi connectivity index (χ1n) is 6.80. The third kappa shape index (κ3) is 2.59. The van der Waals surface area contributed by atoms with Gasteiger partial charge in [0.05, 0.1) is 10.9 Å². The third-order valence-electron chi connectivity index (χ3n) is 3.74. The summed E-state index contributed by atoms with van der Waals surface area (Å²) in [6.45, 7) is 0.442. The number of carbonyl (C=O) groups excluding carboxylic acids is 1. The van der Waals surface area contributed by atoms with Crippen molar-refractivity contribution in [1.82, 2.24) is 5.32 Å². The largest absolute Gasteiger partial charge is 0.506 e. The monoisotopic (exact) mass is 289 g/mol. The van der Waals surface area contributed by atoms with Gasteiger partial charge in [-0.3, -0.25) is 4.79 Å². The van der Waals surface area contributed by atoms with E-state index in [1.165, 1.54) is 0 Å². The van der Waals surface area contributed by atoms with E-state index < -0.39 is 0 Å². The molecule has 20 heavy (non-hydrogen) atoms. The first kappa shape index (κ1) is 13.3. The average Bonchev–Trinajstić information content (AvgIpc) is 3.30. The lowest BCUT2D eigenvalue weighted by molar-refractivity contribution is 0.0950. The Balaban J connectivity index is 1.78. The van der Waals surface area contributed by atoms with Crippen molar-refractivity contribution in [3.8, 4) is 5.75 Å². The number of hydrogen-bond acceptors (Lipinski definition) is 2. The Morgan fingerprint density at radius 2 is 2.05 bits per heavy atom. The molecule has 1 aliphatic rings. The Kier molecular flexibility index (Phi) is 3.53. The van der Waals surface area contributed by atoms with Crippen molar-refractivity contribution in [2.45, 2.75) is 18.2 Å². The molecule has 1 saturated carbocycles. The van der Waals surface area contributed by atoms with Gasteiger partial charge in [-0.1, -0.05) is 30.3 Å². The minimum absolute atomic E-state index is 0.0125. The van der Waals surface area contributed by atoms with Gasteiger partial charge in [-0.2, -0.15) is 0 Å². The van der Waals surface area contributed by atoms with Crippen LogP contribution in [0, 0.1) is 5.92 Å². The van der Waals surface area contributed by atoms with E-state index in [0.29, 0.717) is 23.4 Å². The molecule has 4 heteroatoms. The van der Waals surface area contributed by atoms with Gasteiger partial charge in [0, 0.05) is 11.9 Å². The highest BCUT2D eigenvalue weighted by atomic mass is 35.5. The molecule has 2 aromatic carbocycles. The van der Waals surface area contributed by atoms with E-state index in [1.54, 1.807) is 12.1 Å². The van der Waals surface area contributed by atoms with Crippen molar-refractivity contribution in [3.63, 3.8) is 0 Å². The van der Waals surface area contributed by atoms with Crippen LogP contribution in [-0.4, -0.2) is 22.9 Å². The highest BCUT2D eigenvalue weighted by Crippen LogP contribution is 2.35. The summed E-state index contributed by atoms with van der Waals surface area (Å²) >= 11 is 6.17. The number of phenolic OH excluding ortho intramolecular Hbond substituents is 1. The highest BCUT2D eigenvalue weighted by Gasteiger charge is 2.29. The number of aromatic hydroxyl groups is 1. The lowest BCUT2D eigenvalue weighted by atomic mass is 10.0. The molecule has 0 heterocycles. The lowest BCUT2D eigenvalue weighted by Crippen LogP contribution is -2.30. The summed E-state index contributed by atoms with van der Waals surface area (Å²) in [6.07, 6.45) is 2.29. The summed E-state index contributed by atoms with van der Waals surface area (Å²) in [7, 11) is 0. The summed E-state index contributed by atoms with van der Waals surface area (Å²) in [5.74, 6) is 0.278. The van der Waals surface area contributed by atoms with Crippen LogP contribution in [-0.2, 0) is 0 Å². The van der Waals surface area contributed by atoms with Crippen molar-refractivity contribution >= 4 is 28.3 Å². The topological polar surface area (TPSA) is 49.3 Å². The first-order chi connectivity index (χ1) is 9.66. The molecular formula is C16H16ClNO2. The van der Waals surface area contributed by atoms with Crippen LogP contribution >= 0.6 is 11.6 Å². The van der Waals surface area contributed by atoms with E-state index >= 15 is 0 Å². The molecule has 0 spiro atoms. The van der Waals surface area contributed by atoms with E-state index in [1.807, 2.05) is 24.3 Å². The van der Waals surface area contributed by atoms with Gasteiger partial charge in [0.25, 0.3) is 5.91 Å². The van der Waals surface area contributed by atoms with Crippen molar-refractivity contribution in [2.24, 2.45) is 5.92 Å². The predicted octanol–water partition coefficient (Wildman–Crippen LogP) is 3.29. The number of alkyl halides is 1. The van der Waals surface area contributed by atoms with E-state index in [4.69, 9.17) is 11.6 Å². The molecule has 0 saturated heterocycles. The molecule has 0 aliphatic heterocycles. The van der Waals surface area contributed by atoms with Gasteiger partial charge in [0.1, 0.15) is 5.75 Å². The molecule has 0 radical (unpaired) electrons. The molecule has 1 aliphatic carbocycles. The number of amides is 1. The fourth-order valence-corrected chi connectivity index (χ4v) is 2.68. The molecule has 1 unspecified atom stereocenters. The number of halogens is 1. The summed E-state index contributed by atoms with van der Waals surface area (Å²) in [5, 5.41) is 14.6. The normalized spacial score (nSPS) is 16.1. The summed E-state index contributed by atoms with van der Waals surface area (Å²) < 4.78 is 0. The maximum atomic E-state index is 12.1. The number of rotatable bonds is 4. The van der Waals surface area contributed by atoms with E-state index in [-0.39, 0.29) is 17.0 Å². The van der Waals surface area contributed by atoms with Gasteiger partial charge in [-0.05, 0) is 30.2 Å². The van der Waals surface area contributed by atoms with Crippen LogP contribution in [0.5, 0.6) is 5.75 Å². The molecule has 1 amide bonds. The Hall–Kier alpha value is -1.74. The summed E-state index contributed by atoms with van der Waals surface area (Å²) in [6, 6.07) is 10.9. The van der Waals surface area contributed by atoms with Crippen molar-refractivity contribution < 1.29 is 9.90 Å². The van der Waals surface area contributed by atoms with Crippen LogP contribution in [0.3, 0.4) is 0 Å². The number of hydrogen-bond donors (Lipinski definition) is 2. The van der Waals surface area contributed by atoms with Gasteiger partial charge < -0.3 is 10.4 Å². The smallest absolute Gasteiger partial charge is 0.255 e. The fraction of sp³-hybridized carbons (Fsp3) is 0.312. The van der Waals surface area contributed by atoms with Gasteiger partial charge in [0.2, 0.25) is 0 Å². The second kappa shape index (κ2) is 5.33. The molecule has 3 rings (SSSR count). The molecule has 2 N–H and O–H groups in total. The molecular weight excluding hydrogens is 274 g/mol. The van der Waals surface area contributed by atoms with Crippen molar-refractivity contribution in [3.05, 3.63) is 42.0 Å². The second-order valence-corrected chi connectivity index (χ2v) is 5.81. The Labute approximate surface area is 122 Å². The maximum Gasteiger partial charge on any atom is 0.255 e. The van der Waals surface area contributed by atoms with Gasteiger partial charge >= 0.3 is 0 Å². The summed E-state index contributed by atoms with van der Waals surface area (Å²) in [4.78, 5) is 12.1. The van der Waals surface area contributed by atoms with Gasteiger partial charge in [-0.15, -0.1) is 11.6 Å². The van der Waals surface area contributed by atoms with Gasteiger partial charge in [0.15, 0.2) is 0 Å². The molecule has 1 fully saturated rings. The Morgan fingerprint density at radius 1 is 1.30 bits per heavy atom. The number of phenols is 1. The second-order valence-electron chi connectivity index (χ2n) is 5.25. The van der Waals surface area contributed by atoms with Gasteiger partial charge in [-0.25, -0.2) is 0 Å². The van der Waals surface area contributed by atoms with Crippen LogP contribution in [0.4, 0.5) is 0 Å². The standard InChI is InChI=1S/C16H16ClNO2/c17-14(11-5-6-11)9-18-16(20)13-8-7-10-3-1-2-4-12(10)15(13)19/h1-4,7-8,11,14,19H,5-6,9H2,(H,18,20). The number of nitrogens with one attached hydrogen (secondary N) is 1. The molecule has 1 atom stereocenters. The molecule has 0 bridgehead atoms. The zero-order valence-electron chi connectivity index (χ0n) is 11.0. The lowest BCUT2D eigenvalue weighted by Gasteiger charge is -2.11. The predicted molar refractivity (Wildman–Crippen MR) is 80.3 cm³/mol. The SMILES string of the molecule is O=C(NCC(Cl)C1CC1)c1ccc2ccccc2c1O. The van der Waals surface area contributed by atoms with E-state index in [9.17, 15) is 9.90 Å².